The van der Waals surface area contributed by atoms with E-state index in [1.807, 2.05) is 0 Å². The van der Waals surface area contributed by atoms with Gasteiger partial charge in [0.05, 0.1) is 0 Å². The average Bonchev–Trinajstić information content (AvgIpc) is 3.06. The second-order valence-electron chi connectivity index (χ2n) is 4.75. The van der Waals surface area contributed by atoms with E-state index in [-0.39, 0.29) is 17.8 Å². The highest BCUT2D eigenvalue weighted by atomic mass is 16.8. The Morgan fingerprint density at radius 3 is 3.21 bits per heavy atom. The number of ether oxygens (including phenoxy) is 3. The van der Waals surface area contributed by atoms with Gasteiger partial charge in [-0.1, -0.05) is 0 Å². The fourth-order valence-corrected chi connectivity index (χ4v) is 3.30. The first-order valence-corrected chi connectivity index (χ1v) is 5.44. The van der Waals surface area contributed by atoms with Crippen molar-refractivity contribution in [1.82, 2.24) is 0 Å². The van der Waals surface area contributed by atoms with Crippen molar-refractivity contribution >= 4 is 0 Å². The first kappa shape index (κ1) is 7.85. The van der Waals surface area contributed by atoms with Crippen LogP contribution in [0.5, 0.6) is 0 Å². The summed E-state index contributed by atoms with van der Waals surface area (Å²) < 4.78 is 17.0. The molecule has 0 amide bonds. The second-order valence-corrected chi connectivity index (χ2v) is 4.75. The number of hydrogen-bond donors (Lipinski definition) is 0. The number of epoxide rings is 2. The van der Waals surface area contributed by atoms with Crippen LogP contribution in [0.1, 0.15) is 25.7 Å². The minimum atomic E-state index is -0.402. The Morgan fingerprint density at radius 1 is 1.43 bits per heavy atom. The van der Waals surface area contributed by atoms with E-state index in [1.54, 1.807) is 7.11 Å². The fourth-order valence-electron chi connectivity index (χ4n) is 3.30. The number of hydrogen-bond acceptors (Lipinski definition) is 3. The molecule has 2 heterocycles. The van der Waals surface area contributed by atoms with Gasteiger partial charge in [0, 0.05) is 7.11 Å². The second kappa shape index (κ2) is 2.08. The van der Waals surface area contributed by atoms with Crippen molar-refractivity contribution in [2.45, 2.75) is 49.3 Å². The van der Waals surface area contributed by atoms with E-state index in [9.17, 15) is 0 Å². The highest BCUT2D eigenvalue weighted by molar-refractivity contribution is 5.42. The molecule has 1 spiro atoms. The SMILES string of the molecule is COC12OC1C=C1CCCCC13OC32. The number of fused-ring (bicyclic) bond motifs is 2. The van der Waals surface area contributed by atoms with Gasteiger partial charge >= 0.3 is 0 Å². The molecule has 4 atom stereocenters. The highest BCUT2D eigenvalue weighted by Gasteiger charge is 2.80. The maximum atomic E-state index is 5.90. The van der Waals surface area contributed by atoms with Gasteiger partial charge in [-0.05, 0) is 37.3 Å². The van der Waals surface area contributed by atoms with Crippen LogP contribution in [0.15, 0.2) is 11.6 Å². The van der Waals surface area contributed by atoms with Gasteiger partial charge < -0.3 is 14.2 Å². The summed E-state index contributed by atoms with van der Waals surface area (Å²) >= 11 is 0. The lowest BCUT2D eigenvalue weighted by Gasteiger charge is -2.26. The predicted molar refractivity (Wildman–Crippen MR) is 48.8 cm³/mol. The zero-order valence-corrected chi connectivity index (χ0v) is 8.29. The Kier molecular flexibility index (Phi) is 1.17. The molecular weight excluding hydrogens is 180 g/mol. The van der Waals surface area contributed by atoms with E-state index in [0.717, 1.165) is 6.42 Å². The quantitative estimate of drug-likeness (QED) is 0.467. The van der Waals surface area contributed by atoms with Crippen LogP contribution in [0.2, 0.25) is 0 Å². The smallest absolute Gasteiger partial charge is 0.229 e. The van der Waals surface area contributed by atoms with Gasteiger partial charge in [0.1, 0.15) is 17.8 Å². The highest BCUT2D eigenvalue weighted by Crippen LogP contribution is 2.65. The fraction of sp³-hybridized carbons (Fsp3) is 0.818. The molecule has 2 aliphatic heterocycles. The molecule has 4 rings (SSSR count). The summed E-state index contributed by atoms with van der Waals surface area (Å²) in [6, 6.07) is 0. The summed E-state index contributed by atoms with van der Waals surface area (Å²) in [5.41, 5.74) is 1.50. The van der Waals surface area contributed by atoms with Crippen LogP contribution in [-0.4, -0.2) is 30.7 Å². The van der Waals surface area contributed by atoms with Crippen LogP contribution in [-0.2, 0) is 14.2 Å². The van der Waals surface area contributed by atoms with Gasteiger partial charge in [0.2, 0.25) is 5.79 Å². The third kappa shape index (κ3) is 0.658. The Balaban J connectivity index is 1.78. The van der Waals surface area contributed by atoms with Gasteiger partial charge in [-0.15, -0.1) is 0 Å². The zero-order valence-electron chi connectivity index (χ0n) is 8.29. The van der Waals surface area contributed by atoms with Crippen molar-refractivity contribution in [3.05, 3.63) is 11.6 Å². The Labute approximate surface area is 83.0 Å². The van der Waals surface area contributed by atoms with Gasteiger partial charge in [0.25, 0.3) is 0 Å². The van der Waals surface area contributed by atoms with Crippen molar-refractivity contribution < 1.29 is 14.2 Å². The molecule has 14 heavy (non-hydrogen) atoms. The summed E-state index contributed by atoms with van der Waals surface area (Å²) in [7, 11) is 1.72. The third-order valence-corrected chi connectivity index (χ3v) is 4.17. The first-order chi connectivity index (χ1) is 6.82. The molecule has 1 saturated carbocycles. The van der Waals surface area contributed by atoms with Crippen molar-refractivity contribution in [3.8, 4) is 0 Å². The summed E-state index contributed by atoms with van der Waals surface area (Å²) in [4.78, 5) is 0. The molecule has 0 radical (unpaired) electrons. The summed E-state index contributed by atoms with van der Waals surface area (Å²) in [5.74, 6) is -0.402. The molecule has 0 N–H and O–H groups in total. The molecule has 3 nitrogen and oxygen atoms in total. The maximum absolute atomic E-state index is 5.90. The van der Waals surface area contributed by atoms with Crippen molar-refractivity contribution in [2.75, 3.05) is 7.11 Å². The molecule has 2 saturated heterocycles. The van der Waals surface area contributed by atoms with Gasteiger partial charge in [-0.3, -0.25) is 0 Å². The van der Waals surface area contributed by atoms with Crippen LogP contribution in [0.25, 0.3) is 0 Å². The van der Waals surface area contributed by atoms with Gasteiger partial charge in [-0.25, -0.2) is 0 Å². The van der Waals surface area contributed by atoms with Crippen molar-refractivity contribution in [1.29, 1.82) is 0 Å². The molecule has 3 heteroatoms. The lowest BCUT2D eigenvalue weighted by atomic mass is 9.76. The van der Waals surface area contributed by atoms with E-state index >= 15 is 0 Å². The van der Waals surface area contributed by atoms with E-state index in [2.05, 4.69) is 6.08 Å². The van der Waals surface area contributed by atoms with E-state index < -0.39 is 5.79 Å². The molecule has 0 aromatic rings. The van der Waals surface area contributed by atoms with E-state index in [4.69, 9.17) is 14.2 Å². The minimum absolute atomic E-state index is 0.0290. The Morgan fingerprint density at radius 2 is 2.36 bits per heavy atom. The maximum Gasteiger partial charge on any atom is 0.229 e. The van der Waals surface area contributed by atoms with Gasteiger partial charge in [-0.2, -0.15) is 0 Å². The molecule has 0 aromatic carbocycles. The van der Waals surface area contributed by atoms with Crippen molar-refractivity contribution in [2.24, 2.45) is 0 Å². The van der Waals surface area contributed by atoms with Crippen LogP contribution in [0.3, 0.4) is 0 Å². The average molecular weight is 194 g/mol. The standard InChI is InChI=1S/C11H14O3/c1-12-11-8(13-11)6-7-4-2-3-5-10(7)9(11)14-10/h6,8-9H,2-5H2,1H3. The molecule has 3 fully saturated rings. The number of rotatable bonds is 1. The molecule has 0 aromatic heterocycles. The topological polar surface area (TPSA) is 34.3 Å². The zero-order chi connectivity index (χ0) is 9.39. The predicted octanol–water partition coefficient (Wildman–Crippen LogP) is 1.38. The molecule has 2 aliphatic carbocycles. The van der Waals surface area contributed by atoms with Gasteiger partial charge in [0.15, 0.2) is 0 Å². The molecule has 76 valence electrons. The summed E-state index contributed by atoms with van der Waals surface area (Å²) in [6.07, 6.45) is 7.52. The lowest BCUT2D eigenvalue weighted by Crippen LogP contribution is -2.37. The lowest BCUT2D eigenvalue weighted by molar-refractivity contribution is -0.0306. The Bertz CT molecular complexity index is 337. The normalized spacial score (nSPS) is 57.9. The van der Waals surface area contributed by atoms with Crippen LogP contribution in [0.4, 0.5) is 0 Å². The molecule has 4 unspecified atom stereocenters. The summed E-state index contributed by atoms with van der Waals surface area (Å²) in [6.45, 7) is 0. The summed E-state index contributed by atoms with van der Waals surface area (Å²) in [5, 5.41) is 0. The van der Waals surface area contributed by atoms with Crippen LogP contribution < -0.4 is 0 Å². The van der Waals surface area contributed by atoms with Crippen LogP contribution in [0, 0.1) is 0 Å². The molecule has 4 aliphatic rings. The van der Waals surface area contributed by atoms with Crippen molar-refractivity contribution in [3.63, 3.8) is 0 Å². The van der Waals surface area contributed by atoms with Crippen LogP contribution >= 0.6 is 0 Å². The van der Waals surface area contributed by atoms with E-state index in [1.165, 1.54) is 24.8 Å². The molecule has 0 bridgehead atoms. The molecular formula is C11H14O3. The Hall–Kier alpha value is -0.380. The number of methoxy groups -OCH3 is 1. The first-order valence-electron chi connectivity index (χ1n) is 5.44. The third-order valence-electron chi connectivity index (χ3n) is 4.17. The monoisotopic (exact) mass is 194 g/mol. The largest absolute Gasteiger partial charge is 0.355 e. The van der Waals surface area contributed by atoms with E-state index in [0.29, 0.717) is 0 Å². The minimum Gasteiger partial charge on any atom is -0.355 e.